The molecule has 3 aromatic rings. The van der Waals surface area contributed by atoms with Crippen LogP contribution in [0.2, 0.25) is 0 Å². The van der Waals surface area contributed by atoms with Crippen molar-refractivity contribution < 1.29 is 17.9 Å². The molecule has 1 aliphatic heterocycles. The van der Waals surface area contributed by atoms with Crippen LogP contribution in [-0.2, 0) is 10.0 Å². The first-order chi connectivity index (χ1) is 15.9. The molecule has 0 aliphatic carbocycles. The van der Waals surface area contributed by atoms with Gasteiger partial charge in [-0.2, -0.15) is 4.31 Å². The van der Waals surface area contributed by atoms with E-state index < -0.39 is 10.0 Å². The number of carbonyl (C=O) groups is 1. The second kappa shape index (κ2) is 9.53. The number of methoxy groups -OCH3 is 1. The van der Waals surface area contributed by atoms with E-state index in [9.17, 15) is 13.2 Å². The molecule has 0 aromatic heterocycles. The fraction of sp³-hybridized carbons (Fsp3) is 0.346. The van der Waals surface area contributed by atoms with Gasteiger partial charge in [-0.3, -0.25) is 4.79 Å². The van der Waals surface area contributed by atoms with Gasteiger partial charge in [-0.1, -0.05) is 56.3 Å². The topological polar surface area (TPSA) is 66.9 Å². The average molecular weight is 467 g/mol. The first-order valence-electron chi connectivity index (χ1n) is 11.4. The molecule has 1 saturated heterocycles. The van der Waals surface area contributed by atoms with Crippen LogP contribution in [0.4, 0.5) is 0 Å². The molecular weight excluding hydrogens is 436 g/mol. The third kappa shape index (κ3) is 4.23. The summed E-state index contributed by atoms with van der Waals surface area (Å²) in [7, 11) is -2.34. The SMILES string of the molecule is CCN(CC)S(=O)(=O)c1cc(C(=O)N2CCCC2c2cccc3ccccc23)ccc1OC. The minimum Gasteiger partial charge on any atom is -0.495 e. The van der Waals surface area contributed by atoms with Gasteiger partial charge in [0.25, 0.3) is 5.91 Å². The molecule has 4 rings (SSSR count). The average Bonchev–Trinajstić information content (AvgIpc) is 3.33. The van der Waals surface area contributed by atoms with E-state index in [0.29, 0.717) is 25.2 Å². The van der Waals surface area contributed by atoms with E-state index in [-0.39, 0.29) is 22.6 Å². The Morgan fingerprint density at radius 2 is 1.79 bits per heavy atom. The predicted octanol–water partition coefficient (Wildman–Crippen LogP) is 4.86. The van der Waals surface area contributed by atoms with Gasteiger partial charge < -0.3 is 9.64 Å². The number of rotatable bonds is 7. The summed E-state index contributed by atoms with van der Waals surface area (Å²) < 4.78 is 33.2. The third-order valence-electron chi connectivity index (χ3n) is 6.43. The number of carbonyl (C=O) groups excluding carboxylic acids is 1. The number of sulfonamides is 1. The minimum atomic E-state index is -3.78. The van der Waals surface area contributed by atoms with Crippen LogP contribution < -0.4 is 4.74 Å². The van der Waals surface area contributed by atoms with Gasteiger partial charge in [-0.25, -0.2) is 8.42 Å². The molecule has 1 fully saturated rings. The Bertz CT molecular complexity index is 1260. The van der Waals surface area contributed by atoms with E-state index in [2.05, 4.69) is 24.3 Å². The Hall–Kier alpha value is -2.90. The van der Waals surface area contributed by atoms with Crippen molar-refractivity contribution in [2.75, 3.05) is 26.7 Å². The first-order valence-corrected chi connectivity index (χ1v) is 12.8. The minimum absolute atomic E-state index is 0.0282. The molecule has 33 heavy (non-hydrogen) atoms. The highest BCUT2D eigenvalue weighted by atomic mass is 32.2. The Morgan fingerprint density at radius 1 is 1.06 bits per heavy atom. The van der Waals surface area contributed by atoms with Crippen molar-refractivity contribution in [2.24, 2.45) is 0 Å². The number of amides is 1. The Labute approximate surface area is 195 Å². The van der Waals surface area contributed by atoms with Gasteiger partial charge >= 0.3 is 0 Å². The molecule has 7 heteroatoms. The Kier molecular flexibility index (Phi) is 6.72. The normalized spacial score (nSPS) is 16.5. The van der Waals surface area contributed by atoms with Crippen molar-refractivity contribution in [3.05, 3.63) is 71.8 Å². The molecule has 3 aromatic carbocycles. The lowest BCUT2D eigenvalue weighted by Crippen LogP contribution is -2.32. The number of hydrogen-bond donors (Lipinski definition) is 0. The van der Waals surface area contributed by atoms with Crippen LogP contribution in [-0.4, -0.2) is 50.3 Å². The lowest BCUT2D eigenvalue weighted by Gasteiger charge is -2.27. The van der Waals surface area contributed by atoms with Crippen LogP contribution in [0.3, 0.4) is 0 Å². The van der Waals surface area contributed by atoms with E-state index in [4.69, 9.17) is 4.74 Å². The van der Waals surface area contributed by atoms with E-state index in [1.807, 2.05) is 23.1 Å². The molecular formula is C26H30N2O4S. The van der Waals surface area contributed by atoms with Gasteiger partial charge in [0, 0.05) is 25.2 Å². The fourth-order valence-corrected chi connectivity index (χ4v) is 6.39. The maximum atomic E-state index is 13.6. The van der Waals surface area contributed by atoms with E-state index >= 15 is 0 Å². The zero-order valence-electron chi connectivity index (χ0n) is 19.3. The highest BCUT2D eigenvalue weighted by Crippen LogP contribution is 2.37. The summed E-state index contributed by atoms with van der Waals surface area (Å²) in [6.45, 7) is 4.91. The number of likely N-dealkylation sites (tertiary alicyclic amines) is 1. The number of benzene rings is 3. The van der Waals surface area contributed by atoms with Crippen molar-refractivity contribution in [1.82, 2.24) is 9.21 Å². The number of hydrogen-bond acceptors (Lipinski definition) is 4. The van der Waals surface area contributed by atoms with Crippen molar-refractivity contribution >= 4 is 26.7 Å². The summed E-state index contributed by atoms with van der Waals surface area (Å²) in [4.78, 5) is 15.5. The van der Waals surface area contributed by atoms with E-state index in [1.165, 1.54) is 17.5 Å². The number of nitrogens with zero attached hydrogens (tertiary/aromatic N) is 2. The van der Waals surface area contributed by atoms with Gasteiger partial charge in [0.15, 0.2) is 0 Å². The van der Waals surface area contributed by atoms with Crippen LogP contribution in [0.15, 0.2) is 65.6 Å². The molecule has 174 valence electrons. The first kappa shape index (κ1) is 23.3. The molecule has 0 bridgehead atoms. The van der Waals surface area contributed by atoms with Crippen LogP contribution in [0, 0.1) is 0 Å². The zero-order chi connectivity index (χ0) is 23.6. The number of ether oxygens (including phenoxy) is 1. The van der Waals surface area contributed by atoms with Crippen LogP contribution in [0.1, 0.15) is 48.7 Å². The van der Waals surface area contributed by atoms with Gasteiger partial charge in [-0.15, -0.1) is 0 Å². The Balaban J connectivity index is 1.73. The Morgan fingerprint density at radius 3 is 2.52 bits per heavy atom. The number of fused-ring (bicyclic) bond motifs is 1. The van der Waals surface area contributed by atoms with Gasteiger partial charge in [0.1, 0.15) is 10.6 Å². The zero-order valence-corrected chi connectivity index (χ0v) is 20.1. The second-order valence-electron chi connectivity index (χ2n) is 8.18. The summed E-state index contributed by atoms with van der Waals surface area (Å²) in [5.41, 5.74) is 1.48. The third-order valence-corrected chi connectivity index (χ3v) is 8.50. The van der Waals surface area contributed by atoms with Crippen LogP contribution in [0.5, 0.6) is 5.75 Å². The molecule has 0 spiro atoms. The smallest absolute Gasteiger partial charge is 0.254 e. The van der Waals surface area contributed by atoms with E-state index in [1.54, 1.807) is 26.0 Å². The molecule has 0 radical (unpaired) electrons. The molecule has 1 atom stereocenters. The molecule has 1 amide bonds. The lowest BCUT2D eigenvalue weighted by molar-refractivity contribution is 0.0736. The molecule has 6 nitrogen and oxygen atoms in total. The van der Waals surface area contributed by atoms with Gasteiger partial charge in [0.2, 0.25) is 10.0 Å². The monoisotopic (exact) mass is 466 g/mol. The standard InChI is InChI=1S/C26H30N2O4S/c1-4-27(5-2)33(30,31)25-18-20(15-16-24(25)32-3)26(29)28-17-9-14-23(28)22-13-8-11-19-10-6-7-12-21(19)22/h6-8,10-13,15-16,18,23H,4-5,9,14,17H2,1-3H3. The van der Waals surface area contributed by atoms with Crippen molar-refractivity contribution in [3.63, 3.8) is 0 Å². The largest absolute Gasteiger partial charge is 0.495 e. The van der Waals surface area contributed by atoms with Crippen molar-refractivity contribution in [2.45, 2.75) is 37.6 Å². The van der Waals surface area contributed by atoms with Crippen molar-refractivity contribution in [1.29, 1.82) is 0 Å². The summed E-state index contributed by atoms with van der Waals surface area (Å²) in [5, 5.41) is 2.29. The summed E-state index contributed by atoms with van der Waals surface area (Å²) in [6, 6.07) is 19.0. The fourth-order valence-electron chi connectivity index (χ4n) is 4.75. The van der Waals surface area contributed by atoms with Crippen LogP contribution >= 0.6 is 0 Å². The maximum Gasteiger partial charge on any atom is 0.254 e. The molecule has 1 unspecified atom stereocenters. The summed E-state index contributed by atoms with van der Waals surface area (Å²) >= 11 is 0. The highest BCUT2D eigenvalue weighted by Gasteiger charge is 2.33. The summed E-state index contributed by atoms with van der Waals surface area (Å²) in [5.74, 6) is 0.0783. The lowest BCUT2D eigenvalue weighted by atomic mass is 9.97. The second-order valence-corrected chi connectivity index (χ2v) is 10.1. The molecule has 0 saturated carbocycles. The highest BCUT2D eigenvalue weighted by molar-refractivity contribution is 7.89. The predicted molar refractivity (Wildman–Crippen MR) is 130 cm³/mol. The molecule has 1 heterocycles. The summed E-state index contributed by atoms with van der Waals surface area (Å²) in [6.07, 6.45) is 1.78. The van der Waals surface area contributed by atoms with Crippen LogP contribution in [0.25, 0.3) is 10.8 Å². The molecule has 1 aliphatic rings. The van der Waals surface area contributed by atoms with Gasteiger partial charge in [0.05, 0.1) is 13.2 Å². The van der Waals surface area contributed by atoms with Gasteiger partial charge in [-0.05, 0) is 47.4 Å². The van der Waals surface area contributed by atoms with E-state index in [0.717, 1.165) is 29.2 Å². The van der Waals surface area contributed by atoms with Crippen molar-refractivity contribution in [3.8, 4) is 5.75 Å². The quantitative estimate of drug-likeness (QED) is 0.499. The maximum absolute atomic E-state index is 13.6. The molecule has 0 N–H and O–H groups in total.